The molecule has 3 rings (SSSR count). The van der Waals surface area contributed by atoms with Gasteiger partial charge in [0.15, 0.2) is 0 Å². The van der Waals surface area contributed by atoms with E-state index in [-0.39, 0.29) is 10.0 Å². The molecule has 2 aromatic rings. The molecule has 1 aliphatic heterocycles. The summed E-state index contributed by atoms with van der Waals surface area (Å²) in [7, 11) is -2.14. The van der Waals surface area contributed by atoms with Crippen molar-refractivity contribution in [1.82, 2.24) is 4.98 Å². The summed E-state index contributed by atoms with van der Waals surface area (Å²) in [5.74, 6) is 0.720. The largest absolute Gasteiger partial charge is 0.497 e. The number of anilines is 1. The zero-order valence-electron chi connectivity index (χ0n) is 12.0. The summed E-state index contributed by atoms with van der Waals surface area (Å²) in [4.78, 5) is 3.89. The van der Waals surface area contributed by atoms with Crippen LogP contribution in [-0.4, -0.2) is 27.1 Å². The number of sulfonamides is 1. The van der Waals surface area contributed by atoms with Crippen LogP contribution in [0.5, 0.6) is 5.75 Å². The summed E-state index contributed by atoms with van der Waals surface area (Å²) in [6.45, 7) is 0.423. The highest BCUT2D eigenvalue weighted by molar-refractivity contribution is 7.93. The molecular formula is C15H15ClN2O3S. The number of fused-ring (bicyclic) bond motifs is 1. The van der Waals surface area contributed by atoms with Gasteiger partial charge in [-0.15, -0.1) is 0 Å². The number of rotatable bonds is 3. The second-order valence-electron chi connectivity index (χ2n) is 4.97. The molecule has 0 amide bonds. The van der Waals surface area contributed by atoms with E-state index in [9.17, 15) is 8.42 Å². The number of halogens is 1. The van der Waals surface area contributed by atoms with E-state index >= 15 is 0 Å². The van der Waals surface area contributed by atoms with E-state index in [1.54, 1.807) is 25.3 Å². The molecule has 0 atom stereocenters. The molecule has 116 valence electrons. The molecule has 1 aliphatic rings. The molecule has 0 saturated heterocycles. The SMILES string of the molecule is COc1ccc2c(c1)CCCN2S(=O)(=O)c1cccnc1Cl. The number of hydrogen-bond donors (Lipinski definition) is 0. The first-order chi connectivity index (χ1) is 10.5. The number of pyridine rings is 1. The van der Waals surface area contributed by atoms with Crippen molar-refractivity contribution in [1.29, 1.82) is 0 Å². The smallest absolute Gasteiger partial charge is 0.267 e. The van der Waals surface area contributed by atoms with Crippen LogP contribution in [0.1, 0.15) is 12.0 Å². The van der Waals surface area contributed by atoms with Crippen molar-refractivity contribution in [2.75, 3.05) is 18.0 Å². The summed E-state index contributed by atoms with van der Waals surface area (Å²) in [5, 5.41) is -0.0110. The number of aromatic nitrogens is 1. The van der Waals surface area contributed by atoms with Crippen molar-refractivity contribution in [3.05, 3.63) is 47.2 Å². The molecule has 0 saturated carbocycles. The maximum Gasteiger partial charge on any atom is 0.267 e. The Labute approximate surface area is 134 Å². The van der Waals surface area contributed by atoms with Gasteiger partial charge in [-0.1, -0.05) is 11.6 Å². The van der Waals surface area contributed by atoms with Crippen LogP contribution in [-0.2, 0) is 16.4 Å². The Morgan fingerprint density at radius 1 is 1.32 bits per heavy atom. The molecule has 2 heterocycles. The van der Waals surface area contributed by atoms with E-state index in [1.165, 1.54) is 16.6 Å². The lowest BCUT2D eigenvalue weighted by molar-refractivity contribution is 0.414. The van der Waals surface area contributed by atoms with Crippen molar-refractivity contribution in [3.8, 4) is 5.75 Å². The molecule has 1 aromatic carbocycles. The minimum absolute atomic E-state index is 0.0110. The lowest BCUT2D eigenvalue weighted by Gasteiger charge is -2.30. The predicted molar refractivity (Wildman–Crippen MR) is 85.1 cm³/mol. The number of methoxy groups -OCH3 is 1. The minimum Gasteiger partial charge on any atom is -0.497 e. The standard InChI is InChI=1S/C15H15ClN2O3S/c1-21-12-6-7-13-11(10-12)4-3-9-18(13)22(19,20)14-5-2-8-17-15(14)16/h2,5-8,10H,3-4,9H2,1H3. The summed E-state index contributed by atoms with van der Waals surface area (Å²) in [6.07, 6.45) is 3.03. The highest BCUT2D eigenvalue weighted by Crippen LogP contribution is 2.35. The van der Waals surface area contributed by atoms with E-state index in [1.807, 2.05) is 6.07 Å². The highest BCUT2D eigenvalue weighted by atomic mass is 35.5. The summed E-state index contributed by atoms with van der Waals surface area (Å²) < 4.78 is 32.4. The Bertz CT molecular complexity index is 808. The number of hydrogen-bond acceptors (Lipinski definition) is 4. The number of ether oxygens (including phenoxy) is 1. The van der Waals surface area contributed by atoms with Gasteiger partial charge in [0.25, 0.3) is 10.0 Å². The van der Waals surface area contributed by atoms with Crippen molar-refractivity contribution in [2.24, 2.45) is 0 Å². The van der Waals surface area contributed by atoms with Crippen molar-refractivity contribution >= 4 is 27.3 Å². The molecule has 1 aromatic heterocycles. The maximum atomic E-state index is 12.9. The second kappa shape index (κ2) is 5.78. The average Bonchev–Trinajstić information content (AvgIpc) is 2.53. The van der Waals surface area contributed by atoms with Crippen LogP contribution in [0.15, 0.2) is 41.4 Å². The number of aryl methyl sites for hydroxylation is 1. The molecule has 0 radical (unpaired) electrons. The van der Waals surface area contributed by atoms with Gasteiger partial charge in [-0.25, -0.2) is 13.4 Å². The fraction of sp³-hybridized carbons (Fsp3) is 0.267. The van der Waals surface area contributed by atoms with Crippen LogP contribution in [0.2, 0.25) is 5.15 Å². The molecule has 22 heavy (non-hydrogen) atoms. The first-order valence-corrected chi connectivity index (χ1v) is 8.66. The van der Waals surface area contributed by atoms with Gasteiger partial charge in [0.2, 0.25) is 0 Å². The third kappa shape index (κ3) is 2.53. The fourth-order valence-electron chi connectivity index (χ4n) is 2.60. The second-order valence-corrected chi connectivity index (χ2v) is 7.16. The Kier molecular flexibility index (Phi) is 3.97. The Hall–Kier alpha value is -1.79. The first kappa shape index (κ1) is 15.1. The molecule has 0 aliphatic carbocycles. The van der Waals surface area contributed by atoms with Gasteiger partial charge in [-0.2, -0.15) is 0 Å². The number of benzene rings is 1. The Morgan fingerprint density at radius 2 is 2.14 bits per heavy atom. The Morgan fingerprint density at radius 3 is 2.86 bits per heavy atom. The van der Waals surface area contributed by atoms with E-state index in [2.05, 4.69) is 4.98 Å². The van der Waals surface area contributed by atoms with Gasteiger partial charge in [0.1, 0.15) is 15.8 Å². The maximum absolute atomic E-state index is 12.9. The zero-order chi connectivity index (χ0) is 15.7. The van der Waals surface area contributed by atoms with Gasteiger partial charge in [0.05, 0.1) is 12.8 Å². The normalized spacial score (nSPS) is 14.5. The first-order valence-electron chi connectivity index (χ1n) is 6.84. The quantitative estimate of drug-likeness (QED) is 0.807. The van der Waals surface area contributed by atoms with E-state index in [4.69, 9.17) is 16.3 Å². The summed E-state index contributed by atoms with van der Waals surface area (Å²) >= 11 is 5.97. The lowest BCUT2D eigenvalue weighted by atomic mass is 10.0. The van der Waals surface area contributed by atoms with Gasteiger partial charge in [-0.3, -0.25) is 4.31 Å². The highest BCUT2D eigenvalue weighted by Gasteiger charge is 2.31. The Balaban J connectivity index is 2.09. The van der Waals surface area contributed by atoms with Crippen LogP contribution >= 0.6 is 11.6 Å². The van der Waals surface area contributed by atoms with Crippen LogP contribution < -0.4 is 9.04 Å². The minimum atomic E-state index is -3.73. The molecule has 0 N–H and O–H groups in total. The third-order valence-electron chi connectivity index (χ3n) is 3.66. The van der Waals surface area contributed by atoms with Gasteiger partial charge in [-0.05, 0) is 48.7 Å². The summed E-state index contributed by atoms with van der Waals surface area (Å²) in [6, 6.07) is 8.45. The molecular weight excluding hydrogens is 324 g/mol. The van der Waals surface area contributed by atoms with Crippen molar-refractivity contribution < 1.29 is 13.2 Å². The third-order valence-corrected chi connectivity index (χ3v) is 5.91. The molecule has 0 bridgehead atoms. The summed E-state index contributed by atoms with van der Waals surface area (Å²) in [5.41, 5.74) is 1.63. The van der Waals surface area contributed by atoms with Gasteiger partial charge < -0.3 is 4.74 Å². The predicted octanol–water partition coefficient (Wildman–Crippen LogP) is 2.89. The van der Waals surface area contributed by atoms with Crippen molar-refractivity contribution in [3.63, 3.8) is 0 Å². The average molecular weight is 339 g/mol. The van der Waals surface area contributed by atoms with Crippen LogP contribution in [0.4, 0.5) is 5.69 Å². The van der Waals surface area contributed by atoms with E-state index in [0.29, 0.717) is 12.2 Å². The van der Waals surface area contributed by atoms with Gasteiger partial charge >= 0.3 is 0 Å². The lowest BCUT2D eigenvalue weighted by Crippen LogP contribution is -2.35. The molecule has 7 heteroatoms. The zero-order valence-corrected chi connectivity index (χ0v) is 13.6. The molecule has 0 spiro atoms. The monoisotopic (exact) mass is 338 g/mol. The van der Waals surface area contributed by atoms with Crippen LogP contribution in [0.3, 0.4) is 0 Å². The van der Waals surface area contributed by atoms with Crippen LogP contribution in [0.25, 0.3) is 0 Å². The number of nitrogens with zero attached hydrogens (tertiary/aromatic N) is 2. The van der Waals surface area contributed by atoms with E-state index in [0.717, 1.165) is 24.2 Å². The topological polar surface area (TPSA) is 59.5 Å². The molecule has 0 unspecified atom stereocenters. The van der Waals surface area contributed by atoms with E-state index < -0.39 is 10.0 Å². The fourth-order valence-corrected chi connectivity index (χ4v) is 4.57. The van der Waals surface area contributed by atoms with Gasteiger partial charge in [0, 0.05) is 12.7 Å². The molecule has 0 fully saturated rings. The molecule has 5 nitrogen and oxygen atoms in total. The van der Waals surface area contributed by atoms with Crippen LogP contribution in [0, 0.1) is 0 Å². The van der Waals surface area contributed by atoms with Crippen molar-refractivity contribution in [2.45, 2.75) is 17.7 Å².